The molecular weight excluding hydrogens is 360 g/mol. The maximum absolute atomic E-state index is 4.71. The van der Waals surface area contributed by atoms with Crippen LogP contribution in [0.25, 0.3) is 11.3 Å². The van der Waals surface area contributed by atoms with Gasteiger partial charge in [-0.3, -0.25) is 0 Å². The van der Waals surface area contributed by atoms with Gasteiger partial charge in [-0.05, 0) is 37.7 Å². The first-order valence-electron chi connectivity index (χ1n) is 10.8. The van der Waals surface area contributed by atoms with Crippen LogP contribution in [0.2, 0.25) is 0 Å². The minimum absolute atomic E-state index is 0.398. The van der Waals surface area contributed by atoms with Gasteiger partial charge < -0.3 is 14.8 Å². The quantitative estimate of drug-likeness (QED) is 0.724. The van der Waals surface area contributed by atoms with Crippen molar-refractivity contribution in [2.45, 2.75) is 38.0 Å². The molecule has 5 rings (SSSR count). The van der Waals surface area contributed by atoms with Gasteiger partial charge in [-0.1, -0.05) is 30.3 Å². The molecule has 0 spiro atoms. The van der Waals surface area contributed by atoms with Gasteiger partial charge in [0.05, 0.1) is 11.9 Å². The molecule has 0 amide bonds. The minimum Gasteiger partial charge on any atom is -0.356 e. The van der Waals surface area contributed by atoms with Crippen LogP contribution in [0.4, 0.5) is 11.6 Å². The summed E-state index contributed by atoms with van der Waals surface area (Å²) in [5, 5.41) is 0. The van der Waals surface area contributed by atoms with Crippen molar-refractivity contribution in [3.8, 4) is 11.3 Å². The number of hydrogen-bond donors (Lipinski definition) is 1. The topological polar surface area (TPSA) is 60.9 Å². The number of benzene rings is 1. The molecule has 3 aromatic rings. The molecule has 2 aliphatic heterocycles. The van der Waals surface area contributed by atoms with Crippen LogP contribution in [-0.4, -0.2) is 46.1 Å². The number of hydrogen-bond acceptors (Lipinski definition) is 5. The van der Waals surface area contributed by atoms with E-state index in [1.165, 1.54) is 24.8 Å². The summed E-state index contributed by atoms with van der Waals surface area (Å²) in [6.07, 6.45) is 9.83. The molecule has 6 nitrogen and oxygen atoms in total. The van der Waals surface area contributed by atoms with Crippen molar-refractivity contribution in [2.75, 3.05) is 36.0 Å². The van der Waals surface area contributed by atoms with E-state index in [0.29, 0.717) is 5.92 Å². The number of aromatic nitrogens is 4. The Balaban J connectivity index is 1.32. The molecule has 1 atom stereocenters. The standard InChI is InChI=1S/C23H28N6/c1-3-8-18(9-4-1)20-15-24-23(27-20)19-10-7-13-29(16-19)22-14-21(25-17-26-22)28-11-5-2-6-12-28/h1,3-4,8-9,14-15,17,19H,2,5-7,10-13,16H2,(H,24,27). The van der Waals surface area contributed by atoms with Crippen molar-refractivity contribution >= 4 is 11.6 Å². The van der Waals surface area contributed by atoms with Gasteiger partial charge in [0, 0.05) is 38.2 Å². The van der Waals surface area contributed by atoms with Gasteiger partial charge in [0.2, 0.25) is 0 Å². The van der Waals surface area contributed by atoms with Crippen LogP contribution in [0.1, 0.15) is 43.8 Å². The van der Waals surface area contributed by atoms with Crippen LogP contribution in [0.15, 0.2) is 48.9 Å². The monoisotopic (exact) mass is 388 g/mol. The van der Waals surface area contributed by atoms with E-state index < -0.39 is 0 Å². The summed E-state index contributed by atoms with van der Waals surface area (Å²) in [4.78, 5) is 22.2. The number of aromatic amines is 1. The highest BCUT2D eigenvalue weighted by molar-refractivity contribution is 5.58. The van der Waals surface area contributed by atoms with Gasteiger partial charge >= 0.3 is 0 Å². The predicted molar refractivity (Wildman–Crippen MR) is 116 cm³/mol. The lowest BCUT2D eigenvalue weighted by molar-refractivity contribution is 0.491. The molecule has 0 saturated carbocycles. The van der Waals surface area contributed by atoms with Crippen molar-refractivity contribution in [3.63, 3.8) is 0 Å². The van der Waals surface area contributed by atoms with Crippen LogP contribution in [-0.2, 0) is 0 Å². The van der Waals surface area contributed by atoms with Crippen LogP contribution < -0.4 is 9.80 Å². The molecule has 1 N–H and O–H groups in total. The first-order chi connectivity index (χ1) is 14.4. The average molecular weight is 389 g/mol. The van der Waals surface area contributed by atoms with Crippen LogP contribution >= 0.6 is 0 Å². The Labute approximate surface area is 172 Å². The number of piperidine rings is 2. The summed E-state index contributed by atoms with van der Waals surface area (Å²) in [6.45, 7) is 4.19. The Morgan fingerprint density at radius 2 is 1.59 bits per heavy atom. The summed E-state index contributed by atoms with van der Waals surface area (Å²) < 4.78 is 0. The van der Waals surface area contributed by atoms with E-state index >= 15 is 0 Å². The van der Waals surface area contributed by atoms with Gasteiger partial charge in [-0.15, -0.1) is 0 Å². The summed E-state index contributed by atoms with van der Waals surface area (Å²) >= 11 is 0. The lowest BCUT2D eigenvalue weighted by Crippen LogP contribution is -2.36. The molecule has 2 aliphatic rings. The molecule has 6 heteroatoms. The number of rotatable bonds is 4. The molecule has 0 bridgehead atoms. The third kappa shape index (κ3) is 3.97. The van der Waals surface area contributed by atoms with Crippen LogP contribution in [0.5, 0.6) is 0 Å². The Kier molecular flexibility index (Phi) is 5.15. The molecule has 1 unspecified atom stereocenters. The second kappa shape index (κ2) is 8.23. The van der Waals surface area contributed by atoms with E-state index in [1.807, 2.05) is 12.3 Å². The fourth-order valence-electron chi connectivity index (χ4n) is 4.52. The Bertz CT molecular complexity index is 931. The van der Waals surface area contributed by atoms with Gasteiger partial charge in [0.25, 0.3) is 0 Å². The minimum atomic E-state index is 0.398. The smallest absolute Gasteiger partial charge is 0.134 e. The Hall–Kier alpha value is -2.89. The second-order valence-electron chi connectivity index (χ2n) is 8.12. The highest BCUT2D eigenvalue weighted by atomic mass is 15.2. The molecule has 29 heavy (non-hydrogen) atoms. The summed E-state index contributed by atoms with van der Waals surface area (Å²) in [6, 6.07) is 12.6. The number of anilines is 2. The lowest BCUT2D eigenvalue weighted by atomic mass is 9.97. The maximum Gasteiger partial charge on any atom is 0.134 e. The van der Waals surface area contributed by atoms with Gasteiger partial charge in [0.1, 0.15) is 23.8 Å². The van der Waals surface area contributed by atoms with Crippen molar-refractivity contribution in [3.05, 3.63) is 54.7 Å². The normalized spacial score (nSPS) is 20.1. The van der Waals surface area contributed by atoms with Crippen molar-refractivity contribution in [2.24, 2.45) is 0 Å². The fourth-order valence-corrected chi connectivity index (χ4v) is 4.52. The highest BCUT2D eigenvalue weighted by Gasteiger charge is 2.25. The highest BCUT2D eigenvalue weighted by Crippen LogP contribution is 2.30. The second-order valence-corrected chi connectivity index (χ2v) is 8.12. The van der Waals surface area contributed by atoms with E-state index in [-0.39, 0.29) is 0 Å². The molecule has 2 saturated heterocycles. The zero-order valence-corrected chi connectivity index (χ0v) is 16.8. The largest absolute Gasteiger partial charge is 0.356 e. The molecule has 4 heterocycles. The summed E-state index contributed by atoms with van der Waals surface area (Å²) in [7, 11) is 0. The lowest BCUT2D eigenvalue weighted by Gasteiger charge is -2.33. The number of nitrogens with zero attached hydrogens (tertiary/aromatic N) is 5. The fraction of sp³-hybridized carbons (Fsp3) is 0.435. The molecule has 2 fully saturated rings. The zero-order valence-electron chi connectivity index (χ0n) is 16.8. The van der Waals surface area contributed by atoms with Crippen molar-refractivity contribution in [1.29, 1.82) is 0 Å². The first-order valence-corrected chi connectivity index (χ1v) is 10.8. The van der Waals surface area contributed by atoms with E-state index in [1.54, 1.807) is 6.33 Å². The number of nitrogens with one attached hydrogen (secondary N) is 1. The van der Waals surface area contributed by atoms with Crippen LogP contribution in [0, 0.1) is 0 Å². The van der Waals surface area contributed by atoms with E-state index in [9.17, 15) is 0 Å². The summed E-state index contributed by atoms with van der Waals surface area (Å²) in [5.41, 5.74) is 2.27. The molecule has 0 radical (unpaired) electrons. The number of H-pyrrole nitrogens is 1. The predicted octanol–water partition coefficient (Wildman–Crippen LogP) is 4.24. The van der Waals surface area contributed by atoms with Crippen molar-refractivity contribution in [1.82, 2.24) is 19.9 Å². The molecular formula is C23H28N6. The molecule has 150 valence electrons. The maximum atomic E-state index is 4.71. The van der Waals surface area contributed by atoms with Crippen LogP contribution in [0.3, 0.4) is 0 Å². The molecule has 1 aromatic carbocycles. The van der Waals surface area contributed by atoms with Gasteiger partial charge in [-0.2, -0.15) is 0 Å². The Morgan fingerprint density at radius 1 is 0.828 bits per heavy atom. The van der Waals surface area contributed by atoms with Gasteiger partial charge in [-0.25, -0.2) is 15.0 Å². The van der Waals surface area contributed by atoms with E-state index in [2.05, 4.69) is 55.1 Å². The van der Waals surface area contributed by atoms with Crippen molar-refractivity contribution < 1.29 is 0 Å². The Morgan fingerprint density at radius 3 is 2.41 bits per heavy atom. The zero-order chi connectivity index (χ0) is 19.5. The SMILES string of the molecule is c1ccc(-c2cnc(C3CCCN(c4cc(N5CCCCC5)ncn4)C3)[nH]2)cc1. The third-order valence-electron chi connectivity index (χ3n) is 6.13. The van der Waals surface area contributed by atoms with Gasteiger partial charge in [0.15, 0.2) is 0 Å². The average Bonchev–Trinajstić information content (AvgIpc) is 3.31. The molecule has 2 aromatic heterocycles. The van der Waals surface area contributed by atoms with E-state index in [4.69, 9.17) is 4.98 Å². The molecule has 0 aliphatic carbocycles. The third-order valence-corrected chi connectivity index (χ3v) is 6.13. The summed E-state index contributed by atoms with van der Waals surface area (Å²) in [5.74, 6) is 3.59. The first kappa shape index (κ1) is 18.2. The van der Waals surface area contributed by atoms with E-state index in [0.717, 1.165) is 62.2 Å². The number of imidazole rings is 1.